The molecule has 0 aliphatic rings. The lowest BCUT2D eigenvalue weighted by atomic mass is 10.0. The molecule has 0 spiro atoms. The van der Waals surface area contributed by atoms with E-state index in [1.165, 1.54) is 103 Å². The van der Waals surface area contributed by atoms with Crippen LogP contribution in [0.1, 0.15) is 122 Å². The van der Waals surface area contributed by atoms with Gasteiger partial charge in [-0.05, 0) is 6.42 Å². The van der Waals surface area contributed by atoms with Gasteiger partial charge in [-0.1, -0.05) is 116 Å². The van der Waals surface area contributed by atoms with Crippen molar-refractivity contribution in [3.05, 3.63) is 0 Å². The van der Waals surface area contributed by atoms with Crippen molar-refractivity contribution in [1.82, 2.24) is 0 Å². The third kappa shape index (κ3) is 18.2. The highest BCUT2D eigenvalue weighted by Gasteiger charge is 2.09. The number of rotatable bonds is 19. The van der Waals surface area contributed by atoms with Crippen molar-refractivity contribution in [3.63, 3.8) is 0 Å². The van der Waals surface area contributed by atoms with Crippen LogP contribution >= 0.6 is 0 Å². The van der Waals surface area contributed by atoms with Crippen LogP contribution in [0.5, 0.6) is 0 Å². The maximum atomic E-state index is 8.89. The Morgan fingerprint density at radius 2 is 0.833 bits per heavy atom. The maximum absolute atomic E-state index is 8.89. The predicted molar refractivity (Wildman–Crippen MR) is 105 cm³/mol. The highest BCUT2D eigenvalue weighted by atomic mass is 16.5. The van der Waals surface area contributed by atoms with E-state index in [9.17, 15) is 0 Å². The molecule has 3 heteroatoms. The monoisotopic (exact) mass is 343 g/mol. The van der Waals surface area contributed by atoms with Crippen LogP contribution in [0.25, 0.3) is 0 Å². The first-order valence-electron chi connectivity index (χ1n) is 10.8. The molecule has 0 aromatic heterocycles. The van der Waals surface area contributed by atoms with E-state index in [4.69, 9.17) is 15.9 Å². The highest BCUT2D eigenvalue weighted by molar-refractivity contribution is 4.62. The van der Waals surface area contributed by atoms with Crippen LogP contribution < -0.4 is 5.73 Å². The van der Waals surface area contributed by atoms with Gasteiger partial charge in [0.1, 0.15) is 0 Å². The smallest absolute Gasteiger partial charge is 0.166 e. The standard InChI is InChI=1S/C21H45NO2/c1-2-3-4-5-6-7-8-9-10-11-12-13-14-15-16-17-18-19-20(22)21(23)24/h20-21,23-24H,2-19,22H2,1H3. The van der Waals surface area contributed by atoms with E-state index in [1.807, 2.05) is 0 Å². The summed E-state index contributed by atoms with van der Waals surface area (Å²) in [6, 6.07) is -0.471. The molecule has 0 saturated carbocycles. The molecule has 24 heavy (non-hydrogen) atoms. The van der Waals surface area contributed by atoms with Crippen LogP contribution in [-0.2, 0) is 0 Å². The molecule has 1 atom stereocenters. The first-order valence-corrected chi connectivity index (χ1v) is 10.8. The summed E-state index contributed by atoms with van der Waals surface area (Å²) in [6.07, 6.45) is 22.5. The van der Waals surface area contributed by atoms with E-state index >= 15 is 0 Å². The van der Waals surface area contributed by atoms with Crippen LogP contribution in [0.2, 0.25) is 0 Å². The summed E-state index contributed by atoms with van der Waals surface area (Å²) in [7, 11) is 0. The summed E-state index contributed by atoms with van der Waals surface area (Å²) < 4.78 is 0. The Kier molecular flexibility index (Phi) is 19.1. The lowest BCUT2D eigenvalue weighted by Crippen LogP contribution is -2.34. The fourth-order valence-corrected chi connectivity index (χ4v) is 3.25. The van der Waals surface area contributed by atoms with Crippen LogP contribution in [-0.4, -0.2) is 22.5 Å². The Hall–Kier alpha value is -0.120. The van der Waals surface area contributed by atoms with E-state index in [1.54, 1.807) is 0 Å². The van der Waals surface area contributed by atoms with Crippen LogP contribution in [0, 0.1) is 0 Å². The molecule has 0 aliphatic carbocycles. The molecule has 0 aromatic rings. The molecule has 0 aromatic carbocycles. The highest BCUT2D eigenvalue weighted by Crippen LogP contribution is 2.14. The third-order valence-electron chi connectivity index (χ3n) is 5.02. The van der Waals surface area contributed by atoms with Crippen molar-refractivity contribution < 1.29 is 10.2 Å². The van der Waals surface area contributed by atoms with Gasteiger partial charge in [0.05, 0.1) is 6.04 Å². The van der Waals surface area contributed by atoms with Gasteiger partial charge in [-0.2, -0.15) is 0 Å². The van der Waals surface area contributed by atoms with Gasteiger partial charge in [0.15, 0.2) is 6.29 Å². The predicted octanol–water partition coefficient (Wildman–Crippen LogP) is 5.67. The van der Waals surface area contributed by atoms with Crippen LogP contribution in [0.3, 0.4) is 0 Å². The molecule has 3 nitrogen and oxygen atoms in total. The molecule has 0 radical (unpaired) electrons. The van der Waals surface area contributed by atoms with Gasteiger partial charge in [0, 0.05) is 0 Å². The molecular formula is C21H45NO2. The zero-order chi connectivity index (χ0) is 17.9. The molecule has 0 saturated heterocycles. The minimum atomic E-state index is -1.36. The number of nitrogens with two attached hydrogens (primary N) is 1. The minimum absolute atomic E-state index is 0.471. The minimum Gasteiger partial charge on any atom is -0.367 e. The molecule has 0 bridgehead atoms. The zero-order valence-electron chi connectivity index (χ0n) is 16.4. The Labute approximate surface area is 151 Å². The van der Waals surface area contributed by atoms with Gasteiger partial charge in [-0.3, -0.25) is 0 Å². The number of aliphatic hydroxyl groups is 2. The van der Waals surface area contributed by atoms with Crippen molar-refractivity contribution >= 4 is 0 Å². The number of unbranched alkanes of at least 4 members (excludes halogenated alkanes) is 16. The Morgan fingerprint density at radius 1 is 0.542 bits per heavy atom. The second-order valence-electron chi connectivity index (χ2n) is 7.52. The van der Waals surface area contributed by atoms with Crippen molar-refractivity contribution in [2.45, 2.75) is 135 Å². The van der Waals surface area contributed by atoms with Gasteiger partial charge >= 0.3 is 0 Å². The second-order valence-corrected chi connectivity index (χ2v) is 7.52. The Morgan fingerprint density at radius 3 is 1.12 bits per heavy atom. The summed E-state index contributed by atoms with van der Waals surface area (Å²) in [6.45, 7) is 2.28. The van der Waals surface area contributed by atoms with E-state index in [0.717, 1.165) is 12.8 Å². The quantitative estimate of drug-likeness (QED) is 0.209. The second kappa shape index (κ2) is 19.2. The van der Waals surface area contributed by atoms with Gasteiger partial charge in [-0.15, -0.1) is 0 Å². The van der Waals surface area contributed by atoms with Gasteiger partial charge in [0.2, 0.25) is 0 Å². The van der Waals surface area contributed by atoms with E-state index in [2.05, 4.69) is 6.92 Å². The normalized spacial score (nSPS) is 12.9. The van der Waals surface area contributed by atoms with E-state index in [-0.39, 0.29) is 0 Å². The SMILES string of the molecule is CCCCCCCCCCCCCCCCCCCC(N)C(O)O. The number of hydrogen-bond acceptors (Lipinski definition) is 3. The molecular weight excluding hydrogens is 298 g/mol. The summed E-state index contributed by atoms with van der Waals surface area (Å²) in [5.74, 6) is 0. The van der Waals surface area contributed by atoms with Gasteiger partial charge in [0.25, 0.3) is 0 Å². The number of hydrogen-bond donors (Lipinski definition) is 3. The molecule has 0 fully saturated rings. The fourth-order valence-electron chi connectivity index (χ4n) is 3.25. The van der Waals surface area contributed by atoms with Crippen molar-refractivity contribution in [2.24, 2.45) is 5.73 Å². The van der Waals surface area contributed by atoms with Crippen LogP contribution in [0.4, 0.5) is 0 Å². The molecule has 0 aliphatic heterocycles. The third-order valence-corrected chi connectivity index (χ3v) is 5.02. The lowest BCUT2D eigenvalue weighted by molar-refractivity contribution is -0.0599. The summed E-state index contributed by atoms with van der Waals surface area (Å²) in [5.41, 5.74) is 5.58. The Balaban J connectivity index is 3.03. The van der Waals surface area contributed by atoms with E-state index in [0.29, 0.717) is 0 Å². The first kappa shape index (κ1) is 23.9. The summed E-state index contributed by atoms with van der Waals surface area (Å²) in [5, 5.41) is 17.8. The van der Waals surface area contributed by atoms with Gasteiger partial charge < -0.3 is 15.9 Å². The Bertz CT molecular complexity index is 234. The molecule has 0 heterocycles. The lowest BCUT2D eigenvalue weighted by Gasteiger charge is -2.12. The summed E-state index contributed by atoms with van der Waals surface area (Å²) >= 11 is 0. The molecule has 0 rings (SSSR count). The zero-order valence-corrected chi connectivity index (χ0v) is 16.4. The van der Waals surface area contributed by atoms with Crippen molar-refractivity contribution in [2.75, 3.05) is 0 Å². The average Bonchev–Trinajstić information content (AvgIpc) is 2.57. The molecule has 146 valence electrons. The fraction of sp³-hybridized carbons (Fsp3) is 1.00. The largest absolute Gasteiger partial charge is 0.367 e. The van der Waals surface area contributed by atoms with Gasteiger partial charge in [-0.25, -0.2) is 0 Å². The van der Waals surface area contributed by atoms with Crippen LogP contribution in [0.15, 0.2) is 0 Å². The number of aliphatic hydroxyl groups excluding tert-OH is 1. The van der Waals surface area contributed by atoms with Crippen molar-refractivity contribution in [3.8, 4) is 0 Å². The molecule has 1 unspecified atom stereocenters. The van der Waals surface area contributed by atoms with E-state index < -0.39 is 12.3 Å². The topological polar surface area (TPSA) is 66.5 Å². The average molecular weight is 344 g/mol. The summed E-state index contributed by atoms with van der Waals surface area (Å²) in [4.78, 5) is 0. The first-order chi connectivity index (χ1) is 11.7. The van der Waals surface area contributed by atoms with Crippen molar-refractivity contribution in [1.29, 1.82) is 0 Å². The molecule has 0 amide bonds. The molecule has 4 N–H and O–H groups in total. The maximum Gasteiger partial charge on any atom is 0.166 e.